The van der Waals surface area contributed by atoms with Crippen molar-refractivity contribution in [3.05, 3.63) is 36.1 Å². The van der Waals surface area contributed by atoms with Crippen LogP contribution in [0.4, 0.5) is 5.69 Å². The molecular weight excluding hydrogens is 340 g/mol. The van der Waals surface area contributed by atoms with Crippen LogP contribution in [0.1, 0.15) is 12.8 Å². The highest BCUT2D eigenvalue weighted by atomic mass is 35.5. The van der Waals surface area contributed by atoms with Crippen molar-refractivity contribution < 1.29 is 9.59 Å². The average molecular weight is 363 g/mol. The van der Waals surface area contributed by atoms with E-state index in [9.17, 15) is 9.59 Å². The molecule has 2 fully saturated rings. The molecule has 25 heavy (non-hydrogen) atoms. The average Bonchev–Trinajstić information content (AvgIpc) is 2.67. The van der Waals surface area contributed by atoms with Gasteiger partial charge in [0.15, 0.2) is 0 Å². The fraction of sp³-hybridized carbons (Fsp3) is 0.500. The molecule has 2 aliphatic heterocycles. The van der Waals surface area contributed by atoms with Crippen LogP contribution in [0.2, 0.25) is 5.02 Å². The van der Waals surface area contributed by atoms with E-state index in [1.807, 2.05) is 11.0 Å². The zero-order valence-corrected chi connectivity index (χ0v) is 15.0. The second-order valence-electron chi connectivity index (χ2n) is 6.44. The van der Waals surface area contributed by atoms with Crippen molar-refractivity contribution in [2.75, 3.05) is 44.2 Å². The Labute approximate surface area is 153 Å². The maximum absolute atomic E-state index is 12.8. The predicted molar refractivity (Wildman–Crippen MR) is 97.5 cm³/mol. The third-order valence-corrected chi connectivity index (χ3v) is 5.30. The Morgan fingerprint density at radius 3 is 2.40 bits per heavy atom. The maximum Gasteiger partial charge on any atom is 0.245 e. The van der Waals surface area contributed by atoms with Crippen molar-refractivity contribution in [2.24, 2.45) is 5.92 Å². The minimum atomic E-state index is -0.0475. The van der Waals surface area contributed by atoms with Crippen molar-refractivity contribution in [2.45, 2.75) is 12.8 Å². The SMILES string of the molecule is C=CC(=O)N1CCC(C(=O)N2CCN(c3ccncc3Cl)CC2)CC1. The van der Waals surface area contributed by atoms with Gasteiger partial charge in [0, 0.05) is 57.6 Å². The van der Waals surface area contributed by atoms with E-state index >= 15 is 0 Å². The first kappa shape index (κ1) is 17.7. The molecule has 0 unspecified atom stereocenters. The summed E-state index contributed by atoms with van der Waals surface area (Å²) >= 11 is 6.21. The number of amides is 2. The van der Waals surface area contributed by atoms with Gasteiger partial charge in [-0.05, 0) is 25.0 Å². The Balaban J connectivity index is 1.51. The Bertz CT molecular complexity index is 650. The van der Waals surface area contributed by atoms with Gasteiger partial charge in [-0.2, -0.15) is 0 Å². The molecule has 2 amide bonds. The lowest BCUT2D eigenvalue weighted by molar-refractivity contribution is -0.139. The number of anilines is 1. The summed E-state index contributed by atoms with van der Waals surface area (Å²) in [6.45, 7) is 7.71. The van der Waals surface area contributed by atoms with Crippen molar-refractivity contribution in [1.29, 1.82) is 0 Å². The van der Waals surface area contributed by atoms with Gasteiger partial charge in [0.25, 0.3) is 0 Å². The van der Waals surface area contributed by atoms with Gasteiger partial charge >= 0.3 is 0 Å². The monoisotopic (exact) mass is 362 g/mol. The summed E-state index contributed by atoms with van der Waals surface area (Å²) in [4.78, 5) is 34.3. The molecule has 1 aromatic heterocycles. The van der Waals surface area contributed by atoms with Crippen LogP contribution in [0.5, 0.6) is 0 Å². The first-order valence-electron chi connectivity index (χ1n) is 8.64. The molecule has 1 aromatic rings. The molecule has 134 valence electrons. The van der Waals surface area contributed by atoms with Gasteiger partial charge in [-0.3, -0.25) is 14.6 Å². The number of piperazine rings is 1. The number of halogens is 1. The van der Waals surface area contributed by atoms with Crippen LogP contribution in [0.25, 0.3) is 0 Å². The van der Waals surface area contributed by atoms with E-state index in [1.54, 1.807) is 17.3 Å². The number of carbonyl (C=O) groups is 2. The number of piperidine rings is 1. The highest BCUT2D eigenvalue weighted by Crippen LogP contribution is 2.26. The highest BCUT2D eigenvalue weighted by molar-refractivity contribution is 6.33. The summed E-state index contributed by atoms with van der Waals surface area (Å²) in [6, 6.07) is 1.91. The standard InChI is InChI=1S/C18H23ClN4O2/c1-2-17(24)22-7-4-14(5-8-22)18(25)23-11-9-21(10-12-23)16-3-6-20-13-15(16)19/h2-3,6,13-14H,1,4-5,7-12H2. The molecule has 0 aliphatic carbocycles. The van der Waals surface area contributed by atoms with Crippen LogP contribution in [0.3, 0.4) is 0 Å². The van der Waals surface area contributed by atoms with Crippen LogP contribution >= 0.6 is 11.6 Å². The number of hydrogen-bond donors (Lipinski definition) is 0. The minimum absolute atomic E-state index is 0.0185. The molecule has 0 saturated carbocycles. The summed E-state index contributed by atoms with van der Waals surface area (Å²) in [5, 5.41) is 0.640. The molecule has 0 aromatic carbocycles. The number of rotatable bonds is 3. The Morgan fingerprint density at radius 1 is 1.12 bits per heavy atom. The first-order chi connectivity index (χ1) is 12.1. The number of pyridine rings is 1. The highest BCUT2D eigenvalue weighted by Gasteiger charge is 2.31. The quantitative estimate of drug-likeness (QED) is 0.769. The number of likely N-dealkylation sites (tertiary alicyclic amines) is 1. The second-order valence-corrected chi connectivity index (χ2v) is 6.85. The van der Waals surface area contributed by atoms with Gasteiger partial charge in [-0.25, -0.2) is 0 Å². The van der Waals surface area contributed by atoms with Gasteiger partial charge in [0.05, 0.1) is 10.7 Å². The fourth-order valence-corrected chi connectivity index (χ4v) is 3.77. The fourth-order valence-electron chi connectivity index (χ4n) is 3.53. The van der Waals surface area contributed by atoms with E-state index in [0.717, 1.165) is 31.6 Å². The summed E-state index contributed by atoms with van der Waals surface area (Å²) in [6.07, 6.45) is 6.18. The number of aromatic nitrogens is 1. The van der Waals surface area contributed by atoms with E-state index in [0.29, 0.717) is 31.2 Å². The summed E-state index contributed by atoms with van der Waals surface area (Å²) in [7, 11) is 0. The van der Waals surface area contributed by atoms with Gasteiger partial charge in [0.2, 0.25) is 11.8 Å². The van der Waals surface area contributed by atoms with Gasteiger partial charge in [0.1, 0.15) is 0 Å². The topological polar surface area (TPSA) is 56.8 Å². The second kappa shape index (κ2) is 7.87. The van der Waals surface area contributed by atoms with E-state index in [4.69, 9.17) is 11.6 Å². The summed E-state index contributed by atoms with van der Waals surface area (Å²) < 4.78 is 0. The molecule has 2 saturated heterocycles. The molecule has 7 heteroatoms. The van der Waals surface area contributed by atoms with E-state index in [1.165, 1.54) is 6.08 Å². The number of carbonyl (C=O) groups excluding carboxylic acids is 2. The number of hydrogen-bond acceptors (Lipinski definition) is 4. The van der Waals surface area contributed by atoms with Gasteiger partial charge < -0.3 is 14.7 Å². The molecule has 6 nitrogen and oxygen atoms in total. The lowest BCUT2D eigenvalue weighted by Gasteiger charge is -2.39. The van der Waals surface area contributed by atoms with Gasteiger partial charge in [-0.1, -0.05) is 18.2 Å². The van der Waals surface area contributed by atoms with Crippen molar-refractivity contribution in [3.63, 3.8) is 0 Å². The summed E-state index contributed by atoms with van der Waals surface area (Å²) in [5.41, 5.74) is 0.972. The first-order valence-corrected chi connectivity index (χ1v) is 9.02. The molecule has 0 N–H and O–H groups in total. The maximum atomic E-state index is 12.8. The van der Waals surface area contributed by atoms with Crippen molar-refractivity contribution in [1.82, 2.24) is 14.8 Å². The lowest BCUT2D eigenvalue weighted by atomic mass is 9.95. The van der Waals surface area contributed by atoms with Crippen LogP contribution in [-0.2, 0) is 9.59 Å². The number of nitrogens with zero attached hydrogens (tertiary/aromatic N) is 4. The van der Waals surface area contributed by atoms with E-state index < -0.39 is 0 Å². The largest absolute Gasteiger partial charge is 0.367 e. The lowest BCUT2D eigenvalue weighted by Crippen LogP contribution is -2.52. The third-order valence-electron chi connectivity index (χ3n) is 5.01. The van der Waals surface area contributed by atoms with Crippen LogP contribution in [0.15, 0.2) is 31.1 Å². The van der Waals surface area contributed by atoms with Crippen molar-refractivity contribution in [3.8, 4) is 0 Å². The Hall–Kier alpha value is -2.08. The molecule has 0 bridgehead atoms. The Kier molecular flexibility index (Phi) is 5.58. The molecular formula is C18H23ClN4O2. The van der Waals surface area contributed by atoms with Crippen LogP contribution in [0, 0.1) is 5.92 Å². The molecule has 3 rings (SSSR count). The minimum Gasteiger partial charge on any atom is -0.367 e. The Morgan fingerprint density at radius 2 is 1.80 bits per heavy atom. The van der Waals surface area contributed by atoms with Crippen molar-refractivity contribution >= 4 is 29.1 Å². The molecule has 3 heterocycles. The summed E-state index contributed by atoms with van der Waals surface area (Å²) in [5.74, 6) is 0.185. The molecule has 2 aliphatic rings. The van der Waals surface area contributed by atoms with E-state index in [-0.39, 0.29) is 17.7 Å². The molecule has 0 atom stereocenters. The normalized spacial score (nSPS) is 19.0. The van der Waals surface area contributed by atoms with Crippen LogP contribution in [-0.4, -0.2) is 65.9 Å². The molecule has 0 radical (unpaired) electrons. The smallest absolute Gasteiger partial charge is 0.245 e. The zero-order chi connectivity index (χ0) is 17.8. The van der Waals surface area contributed by atoms with Crippen LogP contribution < -0.4 is 4.90 Å². The molecule has 0 spiro atoms. The van der Waals surface area contributed by atoms with E-state index in [2.05, 4.69) is 16.5 Å². The zero-order valence-electron chi connectivity index (χ0n) is 14.2. The third kappa shape index (κ3) is 3.95. The predicted octanol–water partition coefficient (Wildman–Crippen LogP) is 1.81. The van der Waals surface area contributed by atoms with Gasteiger partial charge in [-0.15, -0.1) is 0 Å².